The van der Waals surface area contributed by atoms with E-state index in [9.17, 15) is 4.79 Å². The fourth-order valence-electron chi connectivity index (χ4n) is 1.70. The lowest BCUT2D eigenvalue weighted by Gasteiger charge is -2.19. The Morgan fingerprint density at radius 1 is 1.56 bits per heavy atom. The van der Waals surface area contributed by atoms with Gasteiger partial charge in [0.05, 0.1) is 0 Å². The number of hydrogen-bond donors (Lipinski definition) is 1. The molecule has 3 nitrogen and oxygen atoms in total. The summed E-state index contributed by atoms with van der Waals surface area (Å²) in [5.74, 6) is 0.00422. The van der Waals surface area contributed by atoms with Crippen molar-refractivity contribution in [1.82, 2.24) is 4.90 Å². The van der Waals surface area contributed by atoms with Crippen LogP contribution in [0.1, 0.15) is 28.8 Å². The minimum Gasteiger partial charge on any atom is -0.398 e. The molecule has 4 heteroatoms. The predicted octanol–water partition coefficient (Wildman–Crippen LogP) is 3.38. The number of hydrogen-bond acceptors (Lipinski definition) is 2. The molecule has 18 heavy (non-hydrogen) atoms. The number of nitrogens with two attached hydrogens (primary N) is 1. The summed E-state index contributed by atoms with van der Waals surface area (Å²) in [4.78, 5) is 14.0. The van der Waals surface area contributed by atoms with E-state index in [1.165, 1.54) is 0 Å². The van der Waals surface area contributed by atoms with Crippen LogP contribution in [0.4, 0.5) is 5.69 Å². The summed E-state index contributed by atoms with van der Waals surface area (Å²) in [6.07, 6.45) is 3.70. The van der Waals surface area contributed by atoms with Crippen molar-refractivity contribution in [2.45, 2.75) is 19.8 Å². The van der Waals surface area contributed by atoms with Gasteiger partial charge >= 0.3 is 0 Å². The number of amides is 1. The fourth-order valence-corrected chi connectivity index (χ4v) is 2.18. The number of allylic oxidation sites excluding steroid dienone is 1. The molecule has 0 aliphatic rings. The lowest BCUT2D eigenvalue weighted by atomic mass is 10.1. The first kappa shape index (κ1) is 14.8. The maximum absolute atomic E-state index is 12.3. The normalized spacial score (nSPS) is 10.2. The molecule has 0 saturated heterocycles. The SMILES string of the molecule is C=CCCCN(C)C(=O)c1cc(Br)cc(N)c1C. The van der Waals surface area contributed by atoms with Gasteiger partial charge in [0.1, 0.15) is 0 Å². The summed E-state index contributed by atoms with van der Waals surface area (Å²) < 4.78 is 0.827. The number of rotatable bonds is 5. The van der Waals surface area contributed by atoms with E-state index in [1.807, 2.05) is 32.2 Å². The quantitative estimate of drug-likeness (QED) is 0.515. The van der Waals surface area contributed by atoms with E-state index in [0.717, 1.165) is 29.4 Å². The van der Waals surface area contributed by atoms with Gasteiger partial charge in [-0.3, -0.25) is 4.79 Å². The topological polar surface area (TPSA) is 46.3 Å². The predicted molar refractivity (Wildman–Crippen MR) is 79.7 cm³/mol. The summed E-state index contributed by atoms with van der Waals surface area (Å²) >= 11 is 3.36. The highest BCUT2D eigenvalue weighted by molar-refractivity contribution is 9.10. The molecule has 1 rings (SSSR count). The fraction of sp³-hybridized carbons (Fsp3) is 0.357. The molecule has 0 radical (unpaired) electrons. The lowest BCUT2D eigenvalue weighted by Crippen LogP contribution is -2.28. The third-order valence-electron chi connectivity index (χ3n) is 2.89. The Morgan fingerprint density at radius 2 is 2.22 bits per heavy atom. The van der Waals surface area contributed by atoms with Gasteiger partial charge in [0.2, 0.25) is 0 Å². The molecule has 0 aliphatic heterocycles. The van der Waals surface area contributed by atoms with Gasteiger partial charge in [-0.2, -0.15) is 0 Å². The molecule has 0 fully saturated rings. The van der Waals surface area contributed by atoms with Crippen LogP contribution in [0.15, 0.2) is 29.3 Å². The van der Waals surface area contributed by atoms with Crippen LogP contribution in [0.5, 0.6) is 0 Å². The Morgan fingerprint density at radius 3 is 2.83 bits per heavy atom. The van der Waals surface area contributed by atoms with E-state index >= 15 is 0 Å². The number of carbonyl (C=O) groups excluding carboxylic acids is 1. The van der Waals surface area contributed by atoms with Gasteiger partial charge in [-0.1, -0.05) is 22.0 Å². The van der Waals surface area contributed by atoms with E-state index < -0.39 is 0 Å². The van der Waals surface area contributed by atoms with E-state index in [0.29, 0.717) is 11.3 Å². The molecular formula is C14H19BrN2O. The monoisotopic (exact) mass is 310 g/mol. The van der Waals surface area contributed by atoms with Gasteiger partial charge < -0.3 is 10.6 Å². The van der Waals surface area contributed by atoms with Crippen LogP contribution in [0, 0.1) is 6.92 Å². The van der Waals surface area contributed by atoms with Crippen molar-refractivity contribution in [3.63, 3.8) is 0 Å². The van der Waals surface area contributed by atoms with Crippen LogP contribution in [0.3, 0.4) is 0 Å². The Hall–Kier alpha value is -1.29. The molecule has 98 valence electrons. The van der Waals surface area contributed by atoms with Gasteiger partial charge in [-0.05, 0) is 37.5 Å². The second-order valence-corrected chi connectivity index (χ2v) is 5.24. The Kier molecular flexibility index (Phi) is 5.41. The first-order valence-corrected chi connectivity index (χ1v) is 6.68. The highest BCUT2D eigenvalue weighted by atomic mass is 79.9. The lowest BCUT2D eigenvalue weighted by molar-refractivity contribution is 0.0793. The van der Waals surface area contributed by atoms with E-state index in [2.05, 4.69) is 22.5 Å². The number of nitrogen functional groups attached to an aromatic ring is 1. The molecule has 0 saturated carbocycles. The maximum Gasteiger partial charge on any atom is 0.253 e. The first-order valence-electron chi connectivity index (χ1n) is 5.89. The van der Waals surface area contributed by atoms with Crippen LogP contribution in [-0.4, -0.2) is 24.4 Å². The first-order chi connectivity index (χ1) is 8.47. The zero-order chi connectivity index (χ0) is 13.7. The number of benzene rings is 1. The van der Waals surface area contributed by atoms with Gasteiger partial charge in [0, 0.05) is 29.3 Å². The Balaban J connectivity index is 2.86. The smallest absolute Gasteiger partial charge is 0.253 e. The van der Waals surface area contributed by atoms with Crippen molar-refractivity contribution < 1.29 is 4.79 Å². The number of carbonyl (C=O) groups is 1. The molecule has 0 bridgehead atoms. The minimum atomic E-state index is 0.00422. The van der Waals surface area contributed by atoms with E-state index in [-0.39, 0.29) is 5.91 Å². The number of anilines is 1. The number of unbranched alkanes of at least 4 members (excludes halogenated alkanes) is 1. The van der Waals surface area contributed by atoms with Gasteiger partial charge in [0.25, 0.3) is 5.91 Å². The van der Waals surface area contributed by atoms with Crippen molar-refractivity contribution in [2.24, 2.45) is 0 Å². The summed E-state index contributed by atoms with van der Waals surface area (Å²) in [5.41, 5.74) is 7.99. The summed E-state index contributed by atoms with van der Waals surface area (Å²) in [7, 11) is 1.81. The highest BCUT2D eigenvalue weighted by Crippen LogP contribution is 2.23. The zero-order valence-electron chi connectivity index (χ0n) is 10.9. The average Bonchev–Trinajstić information content (AvgIpc) is 2.33. The van der Waals surface area contributed by atoms with Crippen LogP contribution in [0.25, 0.3) is 0 Å². The zero-order valence-corrected chi connectivity index (χ0v) is 12.5. The molecule has 0 aromatic heterocycles. The number of halogens is 1. The maximum atomic E-state index is 12.3. The number of nitrogens with zero attached hydrogens (tertiary/aromatic N) is 1. The Bertz CT molecular complexity index is 457. The summed E-state index contributed by atoms with van der Waals surface area (Å²) in [6, 6.07) is 3.63. The molecule has 0 spiro atoms. The van der Waals surface area contributed by atoms with Gasteiger partial charge in [-0.15, -0.1) is 6.58 Å². The van der Waals surface area contributed by atoms with E-state index in [1.54, 1.807) is 4.90 Å². The van der Waals surface area contributed by atoms with Gasteiger partial charge in [0.15, 0.2) is 0 Å². The molecule has 2 N–H and O–H groups in total. The van der Waals surface area contributed by atoms with Crippen LogP contribution < -0.4 is 5.73 Å². The summed E-state index contributed by atoms with van der Waals surface area (Å²) in [6.45, 7) is 6.26. The third-order valence-corrected chi connectivity index (χ3v) is 3.35. The standard InChI is InChI=1S/C14H19BrN2O/c1-4-5-6-7-17(3)14(18)12-8-11(15)9-13(16)10(12)2/h4,8-9H,1,5-7,16H2,2-3H3. The molecule has 1 aromatic rings. The van der Waals surface area contributed by atoms with Crippen molar-refractivity contribution in [3.05, 3.63) is 40.4 Å². The van der Waals surface area contributed by atoms with Crippen LogP contribution >= 0.6 is 15.9 Å². The van der Waals surface area contributed by atoms with Crippen LogP contribution in [0.2, 0.25) is 0 Å². The van der Waals surface area contributed by atoms with Crippen LogP contribution in [-0.2, 0) is 0 Å². The molecule has 1 aromatic carbocycles. The second kappa shape index (κ2) is 6.59. The van der Waals surface area contributed by atoms with Gasteiger partial charge in [-0.25, -0.2) is 0 Å². The molecule has 0 aliphatic carbocycles. The minimum absolute atomic E-state index is 0.00422. The Labute approximate surface area is 117 Å². The summed E-state index contributed by atoms with van der Waals surface area (Å²) in [5, 5.41) is 0. The third kappa shape index (κ3) is 3.60. The highest BCUT2D eigenvalue weighted by Gasteiger charge is 2.15. The van der Waals surface area contributed by atoms with Crippen molar-refractivity contribution >= 4 is 27.5 Å². The second-order valence-electron chi connectivity index (χ2n) is 4.33. The average molecular weight is 311 g/mol. The van der Waals surface area contributed by atoms with Crippen molar-refractivity contribution in [2.75, 3.05) is 19.3 Å². The molecule has 0 heterocycles. The van der Waals surface area contributed by atoms with E-state index in [4.69, 9.17) is 5.73 Å². The largest absolute Gasteiger partial charge is 0.398 e. The molecule has 0 unspecified atom stereocenters. The molecule has 0 atom stereocenters. The van der Waals surface area contributed by atoms with Crippen molar-refractivity contribution in [1.29, 1.82) is 0 Å². The van der Waals surface area contributed by atoms with Crippen molar-refractivity contribution in [3.8, 4) is 0 Å². The molecule has 1 amide bonds. The molecular weight excluding hydrogens is 292 g/mol.